The molecule has 0 radical (unpaired) electrons. The molecule has 5 rings (SSSR count). The number of epoxide rings is 1. The molecule has 4 aliphatic carbocycles. The Kier molecular flexibility index (Phi) is 5.13. The van der Waals surface area contributed by atoms with Gasteiger partial charge in [-0.2, -0.15) is 0 Å². The summed E-state index contributed by atoms with van der Waals surface area (Å²) in [4.78, 5) is 13.2. The summed E-state index contributed by atoms with van der Waals surface area (Å²) in [5.41, 5.74) is 0.402. The van der Waals surface area contributed by atoms with Gasteiger partial charge in [-0.05, 0) is 107 Å². The molecule has 3 N–H and O–H groups in total. The minimum atomic E-state index is -0.788. The summed E-state index contributed by atoms with van der Waals surface area (Å²) in [6, 6.07) is 0. The monoisotopic (exact) mass is 446 g/mol. The van der Waals surface area contributed by atoms with Crippen LogP contribution in [0.3, 0.4) is 0 Å². The van der Waals surface area contributed by atoms with E-state index in [1.165, 1.54) is 5.57 Å². The van der Waals surface area contributed by atoms with E-state index < -0.39 is 17.8 Å². The fourth-order valence-electron chi connectivity index (χ4n) is 8.75. The number of hydrogen-bond acceptors (Lipinski definition) is 5. The molecule has 0 aromatic carbocycles. The molecular formula is C27H42O5. The number of allylic oxidation sites excluding steroid dienone is 2. The van der Waals surface area contributed by atoms with Gasteiger partial charge in [-0.25, -0.2) is 0 Å². The molecule has 0 spiro atoms. The van der Waals surface area contributed by atoms with Crippen molar-refractivity contribution in [2.24, 2.45) is 34.5 Å². The molecule has 4 fully saturated rings. The lowest BCUT2D eigenvalue weighted by Gasteiger charge is -2.57. The molecule has 5 nitrogen and oxygen atoms in total. The molecule has 0 bridgehead atoms. The fraction of sp³-hybridized carbons (Fsp3) is 0.889. The van der Waals surface area contributed by atoms with Gasteiger partial charge in [0.2, 0.25) is 0 Å². The Morgan fingerprint density at radius 3 is 2.41 bits per heavy atom. The lowest BCUT2D eigenvalue weighted by molar-refractivity contribution is -0.143. The number of ether oxygens (including phenoxy) is 1. The SMILES string of the molecule is CC(C)(O)CCC1OC1(C)C1CCC2C3=CC(=O)C4CC(O)C(O)CC4(C)C3CCC21C. The number of hydrogen-bond donors (Lipinski definition) is 3. The highest BCUT2D eigenvalue weighted by molar-refractivity contribution is 5.94. The summed E-state index contributed by atoms with van der Waals surface area (Å²) in [7, 11) is 0. The van der Waals surface area contributed by atoms with Crippen molar-refractivity contribution in [3.63, 3.8) is 0 Å². The van der Waals surface area contributed by atoms with Gasteiger partial charge in [0, 0.05) is 5.92 Å². The Morgan fingerprint density at radius 1 is 1.03 bits per heavy atom. The van der Waals surface area contributed by atoms with Crippen LogP contribution in [-0.2, 0) is 9.53 Å². The van der Waals surface area contributed by atoms with Gasteiger partial charge in [-0.3, -0.25) is 4.79 Å². The minimum absolute atomic E-state index is 0.122. The number of aliphatic hydroxyl groups is 3. The molecular weight excluding hydrogens is 404 g/mol. The summed E-state index contributed by atoms with van der Waals surface area (Å²) >= 11 is 0. The zero-order valence-corrected chi connectivity index (χ0v) is 20.4. The average molecular weight is 447 g/mol. The van der Waals surface area contributed by atoms with Crippen LogP contribution >= 0.6 is 0 Å². The number of rotatable bonds is 4. The van der Waals surface area contributed by atoms with Crippen molar-refractivity contribution in [2.75, 3.05) is 0 Å². The molecule has 3 saturated carbocycles. The Labute approximate surface area is 192 Å². The van der Waals surface area contributed by atoms with E-state index in [-0.39, 0.29) is 34.2 Å². The molecule has 1 heterocycles. The second-order valence-electron chi connectivity index (χ2n) is 13.1. The van der Waals surface area contributed by atoms with Crippen molar-refractivity contribution in [2.45, 2.75) is 115 Å². The normalized spacial score (nSPS) is 52.7. The van der Waals surface area contributed by atoms with E-state index in [4.69, 9.17) is 4.74 Å². The molecule has 0 aromatic heterocycles. The zero-order chi connectivity index (χ0) is 23.3. The number of ketones is 1. The first-order valence-electron chi connectivity index (χ1n) is 12.8. The van der Waals surface area contributed by atoms with E-state index in [0.717, 1.165) is 38.5 Å². The van der Waals surface area contributed by atoms with Gasteiger partial charge in [0.15, 0.2) is 5.78 Å². The summed E-state index contributed by atoms with van der Waals surface area (Å²) in [5, 5.41) is 30.9. The van der Waals surface area contributed by atoms with Crippen molar-refractivity contribution in [1.82, 2.24) is 0 Å². The molecule has 5 aliphatic rings. The van der Waals surface area contributed by atoms with Crippen LogP contribution in [0, 0.1) is 34.5 Å². The van der Waals surface area contributed by atoms with E-state index in [2.05, 4.69) is 20.8 Å². The van der Waals surface area contributed by atoms with Gasteiger partial charge in [-0.1, -0.05) is 19.4 Å². The zero-order valence-electron chi connectivity index (χ0n) is 20.4. The standard InChI is InChI=1S/C27H42O5/c1-24(2,31)10-9-23-27(5,32-23)22-7-6-16-15-12-19(28)18-13-20(29)21(30)14-26(18,4)17(15)8-11-25(16,22)3/h12,16-18,20-23,29-31H,6-11,13-14H2,1-5H3. The highest BCUT2D eigenvalue weighted by Crippen LogP contribution is 2.69. The minimum Gasteiger partial charge on any atom is -0.390 e. The van der Waals surface area contributed by atoms with E-state index in [0.29, 0.717) is 30.6 Å². The quantitative estimate of drug-likeness (QED) is 0.572. The summed E-state index contributed by atoms with van der Waals surface area (Å²) in [5.74, 6) is 1.17. The third-order valence-electron chi connectivity index (χ3n) is 10.6. The maximum absolute atomic E-state index is 13.2. The van der Waals surface area contributed by atoms with Crippen LogP contribution in [0.4, 0.5) is 0 Å². The van der Waals surface area contributed by atoms with Crippen LogP contribution in [0.2, 0.25) is 0 Å². The molecule has 10 atom stereocenters. The van der Waals surface area contributed by atoms with Crippen LogP contribution in [0.1, 0.15) is 86.0 Å². The molecule has 180 valence electrons. The average Bonchev–Trinajstić information content (AvgIpc) is 3.19. The lowest BCUT2D eigenvalue weighted by Crippen LogP contribution is -2.56. The molecule has 0 amide bonds. The predicted molar refractivity (Wildman–Crippen MR) is 122 cm³/mol. The fourth-order valence-corrected chi connectivity index (χ4v) is 8.75. The number of fused-ring (bicyclic) bond motifs is 5. The van der Waals surface area contributed by atoms with Crippen LogP contribution < -0.4 is 0 Å². The molecule has 1 saturated heterocycles. The second kappa shape index (κ2) is 7.13. The predicted octanol–water partition coefficient (Wildman–Crippen LogP) is 3.78. The van der Waals surface area contributed by atoms with Crippen molar-refractivity contribution in [1.29, 1.82) is 0 Å². The van der Waals surface area contributed by atoms with Crippen molar-refractivity contribution in [3.05, 3.63) is 11.6 Å². The summed E-state index contributed by atoms with van der Waals surface area (Å²) in [6.45, 7) is 10.6. The number of aliphatic hydroxyl groups excluding tert-OH is 2. The highest BCUT2D eigenvalue weighted by atomic mass is 16.6. The maximum atomic E-state index is 13.2. The highest BCUT2D eigenvalue weighted by Gasteiger charge is 2.68. The first kappa shape index (κ1) is 23.0. The smallest absolute Gasteiger partial charge is 0.159 e. The first-order chi connectivity index (χ1) is 14.8. The topological polar surface area (TPSA) is 90.3 Å². The Bertz CT molecular complexity index is 828. The van der Waals surface area contributed by atoms with Gasteiger partial charge in [-0.15, -0.1) is 0 Å². The van der Waals surface area contributed by atoms with Crippen LogP contribution in [0.15, 0.2) is 11.6 Å². The number of carbonyl (C=O) groups excluding carboxylic acids is 1. The van der Waals surface area contributed by atoms with Gasteiger partial charge >= 0.3 is 0 Å². The van der Waals surface area contributed by atoms with Crippen LogP contribution in [0.25, 0.3) is 0 Å². The molecule has 5 heteroatoms. The van der Waals surface area contributed by atoms with E-state index in [1.807, 2.05) is 19.9 Å². The molecule has 0 aromatic rings. The van der Waals surface area contributed by atoms with Crippen LogP contribution in [0.5, 0.6) is 0 Å². The summed E-state index contributed by atoms with van der Waals surface area (Å²) in [6.07, 6.45) is 7.56. The van der Waals surface area contributed by atoms with Crippen molar-refractivity contribution in [3.8, 4) is 0 Å². The van der Waals surface area contributed by atoms with E-state index in [9.17, 15) is 20.1 Å². The Hall–Kier alpha value is -0.750. The van der Waals surface area contributed by atoms with Gasteiger partial charge in [0.05, 0.1) is 29.5 Å². The third-order valence-corrected chi connectivity index (χ3v) is 10.6. The van der Waals surface area contributed by atoms with Crippen LogP contribution in [-0.4, -0.2) is 50.6 Å². The van der Waals surface area contributed by atoms with E-state index >= 15 is 0 Å². The number of carbonyl (C=O) groups is 1. The first-order valence-corrected chi connectivity index (χ1v) is 12.8. The summed E-state index contributed by atoms with van der Waals surface area (Å²) < 4.78 is 6.33. The molecule has 10 unspecified atom stereocenters. The van der Waals surface area contributed by atoms with Crippen molar-refractivity contribution >= 4 is 5.78 Å². The largest absolute Gasteiger partial charge is 0.390 e. The maximum Gasteiger partial charge on any atom is 0.159 e. The van der Waals surface area contributed by atoms with Gasteiger partial charge < -0.3 is 20.1 Å². The van der Waals surface area contributed by atoms with Crippen molar-refractivity contribution < 1.29 is 24.9 Å². The second-order valence-corrected chi connectivity index (χ2v) is 13.1. The van der Waals surface area contributed by atoms with Gasteiger partial charge in [0.1, 0.15) is 0 Å². The van der Waals surface area contributed by atoms with E-state index in [1.54, 1.807) is 0 Å². The molecule has 32 heavy (non-hydrogen) atoms. The van der Waals surface area contributed by atoms with Gasteiger partial charge in [0.25, 0.3) is 0 Å². The Balaban J connectivity index is 1.39. The Morgan fingerprint density at radius 2 is 1.72 bits per heavy atom. The molecule has 1 aliphatic heterocycles. The third kappa shape index (κ3) is 3.29. The lowest BCUT2D eigenvalue weighted by atomic mass is 9.47.